The van der Waals surface area contributed by atoms with Crippen molar-refractivity contribution in [2.45, 2.75) is 32.4 Å². The summed E-state index contributed by atoms with van der Waals surface area (Å²) >= 11 is 0. The second kappa shape index (κ2) is 8.22. The monoisotopic (exact) mass is 406 g/mol. The minimum Gasteiger partial charge on any atom is -0.439 e. The summed E-state index contributed by atoms with van der Waals surface area (Å²) in [6.07, 6.45) is 5.51. The van der Waals surface area contributed by atoms with Crippen LogP contribution >= 0.6 is 0 Å². The first kappa shape index (κ1) is 19.4. The first-order valence-corrected chi connectivity index (χ1v) is 13.5. The van der Waals surface area contributed by atoms with E-state index in [9.17, 15) is 0 Å². The lowest BCUT2D eigenvalue weighted by Gasteiger charge is -2.16. The molecule has 3 aromatic heterocycles. The molecule has 0 fully saturated rings. The number of benzene rings is 1. The average molecular weight is 407 g/mol. The summed E-state index contributed by atoms with van der Waals surface area (Å²) in [5.74, 6) is 1.32. The quantitative estimate of drug-likeness (QED) is 0.309. The van der Waals surface area contributed by atoms with E-state index in [1.54, 1.807) is 12.4 Å². The molecule has 4 aromatic rings. The number of hydrogen-bond acceptors (Lipinski definition) is 4. The van der Waals surface area contributed by atoms with Crippen molar-refractivity contribution in [3.05, 3.63) is 61.1 Å². The largest absolute Gasteiger partial charge is 0.439 e. The number of pyridine rings is 1. The Kier molecular flexibility index (Phi) is 5.51. The van der Waals surface area contributed by atoms with Gasteiger partial charge in [-0.1, -0.05) is 19.6 Å². The van der Waals surface area contributed by atoms with Crippen molar-refractivity contribution in [1.82, 2.24) is 19.7 Å². The highest BCUT2D eigenvalue weighted by Gasteiger charge is 2.13. The van der Waals surface area contributed by atoms with Gasteiger partial charge in [0.25, 0.3) is 0 Å². The summed E-state index contributed by atoms with van der Waals surface area (Å²) in [5.41, 5.74) is 3.04. The molecule has 0 unspecified atom stereocenters. The molecule has 1 aromatic carbocycles. The second-order valence-corrected chi connectivity index (χ2v) is 13.9. The molecule has 0 amide bonds. The molecule has 0 aliphatic heterocycles. The van der Waals surface area contributed by atoms with Gasteiger partial charge in [-0.3, -0.25) is 0 Å². The van der Waals surface area contributed by atoms with Crippen LogP contribution in [0.4, 0.5) is 0 Å². The van der Waals surface area contributed by atoms with Gasteiger partial charge in [-0.05, 0) is 42.4 Å². The van der Waals surface area contributed by atoms with E-state index < -0.39 is 8.07 Å². The minimum absolute atomic E-state index is 0.446. The van der Waals surface area contributed by atoms with Crippen LogP contribution in [0.15, 0.2) is 61.1 Å². The molecular weight excluding hydrogens is 380 g/mol. The Morgan fingerprint density at radius 3 is 2.76 bits per heavy atom. The molecule has 0 saturated carbocycles. The van der Waals surface area contributed by atoms with Gasteiger partial charge in [-0.15, -0.1) is 0 Å². The molecule has 0 saturated heterocycles. The van der Waals surface area contributed by atoms with Gasteiger partial charge < -0.3 is 14.5 Å². The van der Waals surface area contributed by atoms with Gasteiger partial charge in [0, 0.05) is 55.8 Å². The summed E-state index contributed by atoms with van der Waals surface area (Å²) < 4.78 is 13.6. The molecule has 1 N–H and O–H groups in total. The highest BCUT2D eigenvalue weighted by molar-refractivity contribution is 6.76. The number of rotatable bonds is 8. The smallest absolute Gasteiger partial charge is 0.219 e. The second-order valence-electron chi connectivity index (χ2n) is 8.28. The summed E-state index contributed by atoms with van der Waals surface area (Å²) in [6, 6.07) is 14.9. The van der Waals surface area contributed by atoms with Crippen molar-refractivity contribution in [1.29, 1.82) is 0 Å². The number of ether oxygens (including phenoxy) is 2. The number of nitrogens with zero attached hydrogens (tertiary/aromatic N) is 3. The van der Waals surface area contributed by atoms with Gasteiger partial charge >= 0.3 is 0 Å². The third-order valence-electron chi connectivity index (χ3n) is 4.71. The fourth-order valence-corrected chi connectivity index (χ4v) is 3.77. The van der Waals surface area contributed by atoms with Crippen molar-refractivity contribution >= 4 is 19.0 Å². The van der Waals surface area contributed by atoms with Crippen LogP contribution in [0.1, 0.15) is 0 Å². The van der Waals surface area contributed by atoms with Crippen LogP contribution in [0, 0.1) is 0 Å². The maximum atomic E-state index is 5.90. The average Bonchev–Trinajstić information content (AvgIpc) is 3.34. The van der Waals surface area contributed by atoms with Gasteiger partial charge in [0.2, 0.25) is 5.88 Å². The van der Waals surface area contributed by atoms with Crippen LogP contribution < -0.4 is 4.74 Å². The van der Waals surface area contributed by atoms with Crippen molar-refractivity contribution in [3.8, 4) is 22.9 Å². The summed E-state index contributed by atoms with van der Waals surface area (Å²) in [5, 5.41) is 5.49. The maximum absolute atomic E-state index is 5.90. The Labute approximate surface area is 171 Å². The van der Waals surface area contributed by atoms with E-state index >= 15 is 0 Å². The number of aromatic nitrogens is 4. The first-order chi connectivity index (χ1) is 14.0. The summed E-state index contributed by atoms with van der Waals surface area (Å²) in [4.78, 5) is 7.64. The third kappa shape index (κ3) is 4.93. The van der Waals surface area contributed by atoms with Crippen LogP contribution in [0.25, 0.3) is 22.2 Å². The zero-order valence-electron chi connectivity index (χ0n) is 17.1. The van der Waals surface area contributed by atoms with E-state index in [1.165, 1.54) is 0 Å². The van der Waals surface area contributed by atoms with Crippen LogP contribution in [0.5, 0.6) is 11.6 Å². The van der Waals surface area contributed by atoms with Crippen LogP contribution in [0.2, 0.25) is 25.7 Å². The zero-order valence-corrected chi connectivity index (χ0v) is 18.1. The lowest BCUT2D eigenvalue weighted by atomic mass is 10.2. The van der Waals surface area contributed by atoms with E-state index in [2.05, 4.69) is 34.7 Å². The van der Waals surface area contributed by atoms with Gasteiger partial charge in [0.1, 0.15) is 12.5 Å². The molecule has 0 bridgehead atoms. The highest BCUT2D eigenvalue weighted by atomic mass is 28.3. The highest BCUT2D eigenvalue weighted by Crippen LogP contribution is 2.26. The molecule has 7 heteroatoms. The Balaban J connectivity index is 1.41. The lowest BCUT2D eigenvalue weighted by Crippen LogP contribution is -2.22. The van der Waals surface area contributed by atoms with Gasteiger partial charge in [0.05, 0.1) is 5.69 Å². The molecule has 0 spiro atoms. The SMILES string of the molecule is C[Si](C)(C)CCOCn1nccc1-c1ccc(Oc2ccc3[nH]ccc3c2)nc1. The van der Waals surface area contributed by atoms with E-state index in [0.717, 1.165) is 40.6 Å². The molecular formula is C22H26N4O2Si. The molecule has 150 valence electrons. The first-order valence-electron chi connectivity index (χ1n) is 9.79. The fraction of sp³-hybridized carbons (Fsp3) is 0.273. The van der Waals surface area contributed by atoms with Crippen LogP contribution in [-0.2, 0) is 11.5 Å². The van der Waals surface area contributed by atoms with Crippen molar-refractivity contribution in [3.63, 3.8) is 0 Å². The van der Waals surface area contributed by atoms with Crippen molar-refractivity contribution < 1.29 is 9.47 Å². The number of nitrogens with one attached hydrogen (secondary N) is 1. The summed E-state index contributed by atoms with van der Waals surface area (Å²) in [7, 11) is -1.09. The van der Waals surface area contributed by atoms with Gasteiger partial charge in [0.15, 0.2) is 0 Å². The topological polar surface area (TPSA) is 65.0 Å². The Morgan fingerprint density at radius 1 is 1.07 bits per heavy atom. The number of aromatic amines is 1. The fourth-order valence-electron chi connectivity index (χ4n) is 3.02. The van der Waals surface area contributed by atoms with Gasteiger partial charge in [-0.2, -0.15) is 5.10 Å². The van der Waals surface area contributed by atoms with Crippen LogP contribution in [0.3, 0.4) is 0 Å². The zero-order chi connectivity index (χ0) is 20.3. The van der Waals surface area contributed by atoms with E-state index in [0.29, 0.717) is 12.6 Å². The molecule has 6 nitrogen and oxygen atoms in total. The molecule has 0 radical (unpaired) electrons. The number of H-pyrrole nitrogens is 1. The predicted octanol–water partition coefficient (Wildman–Crippen LogP) is 5.53. The molecule has 29 heavy (non-hydrogen) atoms. The molecule has 0 aliphatic rings. The normalized spacial score (nSPS) is 11.8. The minimum atomic E-state index is -1.09. The molecule has 3 heterocycles. The predicted molar refractivity (Wildman–Crippen MR) is 118 cm³/mol. The molecule has 0 atom stereocenters. The Hall–Kier alpha value is -2.90. The van der Waals surface area contributed by atoms with Crippen molar-refractivity contribution in [2.24, 2.45) is 0 Å². The summed E-state index contributed by atoms with van der Waals surface area (Å²) in [6.45, 7) is 8.26. The van der Waals surface area contributed by atoms with E-state index in [-0.39, 0.29) is 0 Å². The standard InChI is InChI=1S/C22H26N4O2Si/c1-29(2,3)13-12-27-16-26-21(9-11-25-26)18-4-7-22(24-15-18)28-19-5-6-20-17(14-19)8-10-23-20/h4-11,14-15,23H,12-13,16H2,1-3H3. The lowest BCUT2D eigenvalue weighted by molar-refractivity contribution is 0.0798. The Morgan fingerprint density at radius 2 is 1.97 bits per heavy atom. The third-order valence-corrected chi connectivity index (χ3v) is 6.41. The molecule has 0 aliphatic carbocycles. The Bertz CT molecular complexity index is 1080. The number of hydrogen-bond donors (Lipinski definition) is 1. The van der Waals surface area contributed by atoms with E-state index in [4.69, 9.17) is 9.47 Å². The van der Waals surface area contributed by atoms with Crippen molar-refractivity contribution in [2.75, 3.05) is 6.61 Å². The van der Waals surface area contributed by atoms with E-state index in [1.807, 2.05) is 53.3 Å². The van der Waals surface area contributed by atoms with Gasteiger partial charge in [-0.25, -0.2) is 9.67 Å². The maximum Gasteiger partial charge on any atom is 0.219 e. The number of fused-ring (bicyclic) bond motifs is 1. The van der Waals surface area contributed by atoms with Crippen LogP contribution in [-0.4, -0.2) is 34.4 Å². The molecule has 4 rings (SSSR count).